The van der Waals surface area contributed by atoms with Crippen LogP contribution in [0.4, 0.5) is 5.69 Å². The molecule has 1 atom stereocenters. The van der Waals surface area contributed by atoms with Gasteiger partial charge in [-0.05, 0) is 29.8 Å². The maximum atomic E-state index is 12.1. The molecule has 0 bridgehead atoms. The molecule has 0 aromatic heterocycles. The summed E-state index contributed by atoms with van der Waals surface area (Å²) in [5.41, 5.74) is 0.838. The van der Waals surface area contributed by atoms with E-state index in [0.717, 1.165) is 16.5 Å². The van der Waals surface area contributed by atoms with Crippen molar-refractivity contribution in [1.29, 1.82) is 0 Å². The molecule has 21 heavy (non-hydrogen) atoms. The van der Waals surface area contributed by atoms with Gasteiger partial charge in [-0.15, -0.1) is 0 Å². The highest BCUT2D eigenvalue weighted by molar-refractivity contribution is 6.01. The Bertz CT molecular complexity index is 695. The maximum Gasteiger partial charge on any atom is 0.311 e. The molecule has 3 rings (SSSR count). The molecule has 1 aliphatic rings. The topological polar surface area (TPSA) is 46.6 Å². The van der Waals surface area contributed by atoms with E-state index in [1.807, 2.05) is 42.5 Å². The van der Waals surface area contributed by atoms with Gasteiger partial charge in [-0.1, -0.05) is 30.3 Å². The minimum Gasteiger partial charge on any atom is -0.466 e. The monoisotopic (exact) mass is 283 g/mol. The average Bonchev–Trinajstić information content (AvgIpc) is 2.89. The number of hydrogen-bond acceptors (Lipinski definition) is 3. The number of nitrogens with zero attached hydrogens (tertiary/aromatic N) is 1. The number of anilines is 1. The lowest BCUT2D eigenvalue weighted by molar-refractivity contribution is -0.147. The van der Waals surface area contributed by atoms with Gasteiger partial charge in [-0.2, -0.15) is 0 Å². The van der Waals surface area contributed by atoms with E-state index in [-0.39, 0.29) is 24.2 Å². The van der Waals surface area contributed by atoms with E-state index >= 15 is 0 Å². The fraction of sp³-hybridized carbons (Fsp3) is 0.294. The second-order valence-corrected chi connectivity index (χ2v) is 5.19. The van der Waals surface area contributed by atoms with E-state index in [1.54, 1.807) is 11.8 Å². The number of amides is 1. The number of esters is 1. The standard InChI is InChI=1S/C17H17NO3/c1-2-21-17(20)14-10-16(19)18(11-14)15-8-7-12-5-3-4-6-13(12)9-15/h3-9,14H,2,10-11H2,1H3/t14-/m0/s1. The molecule has 1 amide bonds. The normalized spacial score (nSPS) is 18.2. The van der Waals surface area contributed by atoms with Crippen LogP contribution in [0.5, 0.6) is 0 Å². The van der Waals surface area contributed by atoms with Crippen LogP contribution < -0.4 is 4.90 Å². The Balaban J connectivity index is 1.85. The van der Waals surface area contributed by atoms with Crippen molar-refractivity contribution in [2.75, 3.05) is 18.1 Å². The van der Waals surface area contributed by atoms with Crippen molar-refractivity contribution in [3.8, 4) is 0 Å². The first kappa shape index (κ1) is 13.6. The van der Waals surface area contributed by atoms with Crippen LogP contribution in [0.1, 0.15) is 13.3 Å². The number of carbonyl (C=O) groups is 2. The number of benzene rings is 2. The smallest absolute Gasteiger partial charge is 0.311 e. The summed E-state index contributed by atoms with van der Waals surface area (Å²) in [6.45, 7) is 2.52. The highest BCUT2D eigenvalue weighted by Crippen LogP contribution is 2.28. The number of carbonyl (C=O) groups excluding carboxylic acids is 2. The first-order valence-electron chi connectivity index (χ1n) is 7.15. The van der Waals surface area contributed by atoms with Gasteiger partial charge in [0.05, 0.1) is 12.5 Å². The minimum absolute atomic E-state index is 0.0247. The molecule has 4 nitrogen and oxygen atoms in total. The van der Waals surface area contributed by atoms with E-state index in [2.05, 4.69) is 0 Å². The van der Waals surface area contributed by atoms with E-state index in [4.69, 9.17) is 4.74 Å². The lowest BCUT2D eigenvalue weighted by Gasteiger charge is -2.17. The van der Waals surface area contributed by atoms with Gasteiger partial charge in [0, 0.05) is 18.7 Å². The Morgan fingerprint density at radius 3 is 2.76 bits per heavy atom. The molecule has 0 saturated carbocycles. The minimum atomic E-state index is -0.357. The van der Waals surface area contributed by atoms with Crippen molar-refractivity contribution in [2.45, 2.75) is 13.3 Å². The molecule has 1 aliphatic heterocycles. The van der Waals surface area contributed by atoms with Crippen molar-refractivity contribution >= 4 is 28.3 Å². The van der Waals surface area contributed by atoms with E-state index < -0.39 is 0 Å². The molecular weight excluding hydrogens is 266 g/mol. The summed E-state index contributed by atoms with van der Waals surface area (Å²) in [5, 5.41) is 2.22. The first-order valence-corrected chi connectivity index (χ1v) is 7.15. The molecule has 0 N–H and O–H groups in total. The number of ether oxygens (including phenoxy) is 1. The molecule has 1 saturated heterocycles. The van der Waals surface area contributed by atoms with Crippen LogP contribution in [0.25, 0.3) is 10.8 Å². The van der Waals surface area contributed by atoms with Crippen molar-refractivity contribution in [1.82, 2.24) is 0 Å². The molecule has 108 valence electrons. The molecule has 0 unspecified atom stereocenters. The van der Waals surface area contributed by atoms with E-state index in [1.165, 1.54) is 0 Å². The predicted molar refractivity (Wildman–Crippen MR) is 81.0 cm³/mol. The molecule has 1 heterocycles. The van der Waals surface area contributed by atoms with Gasteiger partial charge in [0.25, 0.3) is 0 Å². The fourth-order valence-corrected chi connectivity index (χ4v) is 2.72. The fourth-order valence-electron chi connectivity index (χ4n) is 2.72. The second kappa shape index (κ2) is 5.56. The molecule has 0 radical (unpaired) electrons. The van der Waals surface area contributed by atoms with Crippen LogP contribution in [0.3, 0.4) is 0 Å². The SMILES string of the molecule is CCOC(=O)[C@H]1CC(=O)N(c2ccc3ccccc3c2)C1. The third kappa shape index (κ3) is 2.61. The van der Waals surface area contributed by atoms with Gasteiger partial charge >= 0.3 is 5.97 Å². The molecule has 1 fully saturated rings. The Morgan fingerprint density at radius 2 is 2.00 bits per heavy atom. The van der Waals surface area contributed by atoms with Crippen molar-refractivity contribution in [3.05, 3.63) is 42.5 Å². The van der Waals surface area contributed by atoms with E-state index in [9.17, 15) is 9.59 Å². The summed E-state index contributed by atoms with van der Waals surface area (Å²) in [6.07, 6.45) is 0.228. The summed E-state index contributed by atoms with van der Waals surface area (Å²) in [5.74, 6) is -0.665. The lowest BCUT2D eigenvalue weighted by Crippen LogP contribution is -2.26. The highest BCUT2D eigenvalue weighted by atomic mass is 16.5. The Labute approximate surface area is 123 Å². The van der Waals surface area contributed by atoms with Gasteiger partial charge in [-0.3, -0.25) is 9.59 Å². The predicted octanol–water partition coefficient (Wildman–Crippen LogP) is 2.76. The number of hydrogen-bond donors (Lipinski definition) is 0. The van der Waals surface area contributed by atoms with Crippen LogP contribution >= 0.6 is 0 Å². The average molecular weight is 283 g/mol. The van der Waals surface area contributed by atoms with Crippen molar-refractivity contribution in [3.63, 3.8) is 0 Å². The largest absolute Gasteiger partial charge is 0.466 e. The zero-order valence-corrected chi connectivity index (χ0v) is 11.9. The van der Waals surface area contributed by atoms with Crippen LogP contribution in [-0.2, 0) is 14.3 Å². The second-order valence-electron chi connectivity index (χ2n) is 5.19. The number of fused-ring (bicyclic) bond motifs is 1. The summed E-state index contributed by atoms with van der Waals surface area (Å²) >= 11 is 0. The maximum absolute atomic E-state index is 12.1. The molecule has 0 aliphatic carbocycles. The third-order valence-electron chi connectivity index (χ3n) is 3.79. The summed E-state index contributed by atoms with van der Waals surface area (Å²) in [6, 6.07) is 13.9. The lowest BCUT2D eigenvalue weighted by atomic mass is 10.1. The quantitative estimate of drug-likeness (QED) is 0.814. The van der Waals surface area contributed by atoms with Crippen LogP contribution in [-0.4, -0.2) is 25.0 Å². The zero-order chi connectivity index (χ0) is 14.8. The molecule has 4 heteroatoms. The van der Waals surface area contributed by atoms with Crippen molar-refractivity contribution < 1.29 is 14.3 Å². The summed E-state index contributed by atoms with van der Waals surface area (Å²) in [7, 11) is 0. The van der Waals surface area contributed by atoms with Gasteiger partial charge in [0.1, 0.15) is 0 Å². The number of rotatable bonds is 3. The van der Waals surface area contributed by atoms with Gasteiger partial charge in [0.15, 0.2) is 0 Å². The van der Waals surface area contributed by atoms with Gasteiger partial charge in [-0.25, -0.2) is 0 Å². The third-order valence-corrected chi connectivity index (χ3v) is 3.79. The van der Waals surface area contributed by atoms with Crippen LogP contribution in [0, 0.1) is 5.92 Å². The highest BCUT2D eigenvalue weighted by Gasteiger charge is 2.36. The summed E-state index contributed by atoms with van der Waals surface area (Å²) < 4.78 is 5.01. The van der Waals surface area contributed by atoms with Gasteiger partial charge in [0.2, 0.25) is 5.91 Å². The zero-order valence-electron chi connectivity index (χ0n) is 11.9. The molecule has 0 spiro atoms. The Kier molecular flexibility index (Phi) is 3.60. The van der Waals surface area contributed by atoms with E-state index in [0.29, 0.717) is 13.2 Å². The van der Waals surface area contributed by atoms with Crippen LogP contribution in [0.15, 0.2) is 42.5 Å². The van der Waals surface area contributed by atoms with Crippen molar-refractivity contribution in [2.24, 2.45) is 5.92 Å². The molecule has 2 aromatic rings. The first-order chi connectivity index (χ1) is 10.2. The van der Waals surface area contributed by atoms with Crippen LogP contribution in [0.2, 0.25) is 0 Å². The Hall–Kier alpha value is -2.36. The molecular formula is C17H17NO3. The van der Waals surface area contributed by atoms with Gasteiger partial charge < -0.3 is 9.64 Å². The molecule has 2 aromatic carbocycles. The summed E-state index contributed by atoms with van der Waals surface area (Å²) in [4.78, 5) is 25.6. The Morgan fingerprint density at radius 1 is 1.24 bits per heavy atom.